The van der Waals surface area contributed by atoms with E-state index in [1.165, 1.54) is 23.1 Å². The molecule has 1 fully saturated rings. The Labute approximate surface area is 165 Å². The molecular formula is C20H19N3O2S2. The number of nitrogens with one attached hydrogen (secondary N) is 2. The van der Waals surface area contributed by atoms with Gasteiger partial charge < -0.3 is 10.6 Å². The van der Waals surface area contributed by atoms with Crippen LogP contribution in [-0.4, -0.2) is 28.6 Å². The lowest BCUT2D eigenvalue weighted by Crippen LogP contribution is -2.26. The van der Waals surface area contributed by atoms with Crippen LogP contribution in [0.5, 0.6) is 0 Å². The van der Waals surface area contributed by atoms with E-state index in [1.54, 1.807) is 0 Å². The van der Waals surface area contributed by atoms with Crippen molar-refractivity contribution in [3.05, 3.63) is 53.6 Å². The Bertz CT molecular complexity index is 1010. The molecule has 27 heavy (non-hydrogen) atoms. The minimum atomic E-state index is -0.122. The van der Waals surface area contributed by atoms with Gasteiger partial charge in [-0.1, -0.05) is 30.0 Å². The van der Waals surface area contributed by atoms with Crippen molar-refractivity contribution in [1.82, 2.24) is 10.3 Å². The van der Waals surface area contributed by atoms with E-state index in [9.17, 15) is 9.59 Å². The first kappa shape index (κ1) is 18.0. The maximum atomic E-state index is 12.5. The lowest BCUT2D eigenvalue weighted by molar-refractivity contribution is -0.118. The third-order valence-corrected chi connectivity index (χ3v) is 6.45. The van der Waals surface area contributed by atoms with Crippen LogP contribution >= 0.6 is 23.1 Å². The quantitative estimate of drug-likeness (QED) is 0.611. The van der Waals surface area contributed by atoms with Crippen LogP contribution in [0.4, 0.5) is 5.69 Å². The molecule has 0 atom stereocenters. The summed E-state index contributed by atoms with van der Waals surface area (Å²) in [5.74, 6) is 0.323. The minimum Gasteiger partial charge on any atom is -0.353 e. The predicted molar refractivity (Wildman–Crippen MR) is 111 cm³/mol. The van der Waals surface area contributed by atoms with Crippen LogP contribution in [-0.2, 0) is 4.79 Å². The summed E-state index contributed by atoms with van der Waals surface area (Å²) >= 11 is 2.99. The standard InChI is InChI=1S/C20H19N3O2S2/c1-12-4-2-3-5-15(12)19(25)22-14-8-9-16-17(10-14)27-20(23-16)26-11-18(24)21-13-6-7-13/h2-5,8-10,13H,6-7,11H2,1H3,(H,21,24)(H,22,25). The number of anilines is 1. The zero-order valence-electron chi connectivity index (χ0n) is 14.8. The second-order valence-corrected chi connectivity index (χ2v) is 8.81. The number of rotatable bonds is 6. The summed E-state index contributed by atoms with van der Waals surface area (Å²) in [5, 5.41) is 5.93. The average Bonchev–Trinajstić information content (AvgIpc) is 3.36. The van der Waals surface area contributed by atoms with E-state index >= 15 is 0 Å². The van der Waals surface area contributed by atoms with Gasteiger partial charge in [-0.3, -0.25) is 9.59 Å². The Morgan fingerprint density at radius 3 is 2.81 bits per heavy atom. The molecule has 0 unspecified atom stereocenters. The van der Waals surface area contributed by atoms with Crippen LogP contribution in [0, 0.1) is 6.92 Å². The van der Waals surface area contributed by atoms with Gasteiger partial charge in [0.15, 0.2) is 4.34 Å². The monoisotopic (exact) mass is 397 g/mol. The number of hydrogen-bond acceptors (Lipinski definition) is 5. The summed E-state index contributed by atoms with van der Waals surface area (Å²) in [6, 6.07) is 13.6. The Morgan fingerprint density at radius 1 is 1.22 bits per heavy atom. The number of aryl methyl sites for hydroxylation is 1. The number of thioether (sulfide) groups is 1. The van der Waals surface area contributed by atoms with Crippen LogP contribution < -0.4 is 10.6 Å². The molecule has 0 bridgehead atoms. The maximum absolute atomic E-state index is 12.5. The van der Waals surface area contributed by atoms with Crippen molar-refractivity contribution in [3.8, 4) is 0 Å². The SMILES string of the molecule is Cc1ccccc1C(=O)Nc1ccc2nc(SCC(=O)NC3CC3)sc2c1. The van der Waals surface area contributed by atoms with Gasteiger partial charge in [-0.2, -0.15) is 0 Å². The van der Waals surface area contributed by atoms with Crippen LogP contribution in [0.2, 0.25) is 0 Å². The van der Waals surface area contributed by atoms with Crippen molar-refractivity contribution < 1.29 is 9.59 Å². The Hall–Kier alpha value is -2.38. The van der Waals surface area contributed by atoms with E-state index in [2.05, 4.69) is 15.6 Å². The molecule has 0 saturated heterocycles. The molecule has 138 valence electrons. The molecule has 5 nitrogen and oxygen atoms in total. The van der Waals surface area contributed by atoms with Crippen LogP contribution in [0.1, 0.15) is 28.8 Å². The lowest BCUT2D eigenvalue weighted by atomic mass is 10.1. The van der Waals surface area contributed by atoms with E-state index in [0.29, 0.717) is 17.4 Å². The second-order valence-electron chi connectivity index (χ2n) is 6.56. The first-order valence-electron chi connectivity index (χ1n) is 8.78. The van der Waals surface area contributed by atoms with Gasteiger partial charge in [0, 0.05) is 17.3 Å². The zero-order valence-corrected chi connectivity index (χ0v) is 16.5. The molecule has 0 spiro atoms. The third kappa shape index (κ3) is 4.48. The number of hydrogen-bond donors (Lipinski definition) is 2. The molecule has 1 heterocycles. The Kier molecular flexibility index (Phi) is 5.13. The smallest absolute Gasteiger partial charge is 0.255 e. The molecule has 0 aliphatic heterocycles. The molecule has 7 heteroatoms. The maximum Gasteiger partial charge on any atom is 0.255 e. The average molecular weight is 398 g/mol. The number of benzene rings is 2. The molecule has 0 radical (unpaired) electrons. The van der Waals surface area contributed by atoms with Gasteiger partial charge in [0.25, 0.3) is 5.91 Å². The van der Waals surface area contributed by atoms with Gasteiger partial charge in [0.1, 0.15) is 0 Å². The number of nitrogens with zero attached hydrogens (tertiary/aromatic N) is 1. The Balaban J connectivity index is 1.43. The summed E-state index contributed by atoms with van der Waals surface area (Å²) in [6.45, 7) is 1.92. The van der Waals surface area contributed by atoms with Crippen molar-refractivity contribution in [3.63, 3.8) is 0 Å². The number of fused-ring (bicyclic) bond motifs is 1. The molecule has 1 aliphatic carbocycles. The van der Waals surface area contributed by atoms with E-state index in [0.717, 1.165) is 38.6 Å². The van der Waals surface area contributed by atoms with E-state index in [4.69, 9.17) is 0 Å². The summed E-state index contributed by atoms with van der Waals surface area (Å²) in [4.78, 5) is 28.9. The van der Waals surface area contributed by atoms with Crippen molar-refractivity contribution in [2.45, 2.75) is 30.1 Å². The molecular weight excluding hydrogens is 378 g/mol. The number of amides is 2. The van der Waals surface area contributed by atoms with Gasteiger partial charge in [0.2, 0.25) is 5.91 Å². The third-order valence-electron chi connectivity index (χ3n) is 4.29. The fraction of sp³-hybridized carbons (Fsp3) is 0.250. The highest BCUT2D eigenvalue weighted by Crippen LogP contribution is 2.31. The minimum absolute atomic E-state index is 0.0629. The molecule has 3 aromatic rings. The first-order chi connectivity index (χ1) is 13.1. The van der Waals surface area contributed by atoms with Gasteiger partial charge in [-0.05, 0) is 49.6 Å². The van der Waals surface area contributed by atoms with Crippen molar-refractivity contribution in [2.75, 3.05) is 11.1 Å². The van der Waals surface area contributed by atoms with Crippen molar-refractivity contribution in [2.24, 2.45) is 0 Å². The predicted octanol–water partition coefficient (Wildman–Crippen LogP) is 4.23. The highest BCUT2D eigenvalue weighted by molar-refractivity contribution is 8.01. The number of carbonyl (C=O) groups excluding carboxylic acids is 2. The molecule has 2 amide bonds. The second kappa shape index (κ2) is 7.70. The molecule has 1 aromatic heterocycles. The van der Waals surface area contributed by atoms with Crippen molar-refractivity contribution in [1.29, 1.82) is 0 Å². The molecule has 1 aliphatic rings. The molecule has 2 aromatic carbocycles. The fourth-order valence-corrected chi connectivity index (χ4v) is 4.61. The van der Waals surface area contributed by atoms with Gasteiger partial charge in [-0.15, -0.1) is 11.3 Å². The fourth-order valence-electron chi connectivity index (χ4n) is 2.69. The van der Waals surface area contributed by atoms with E-state index in [1.807, 2.05) is 49.4 Å². The normalized spacial score (nSPS) is 13.5. The highest BCUT2D eigenvalue weighted by Gasteiger charge is 2.23. The molecule has 2 N–H and O–H groups in total. The lowest BCUT2D eigenvalue weighted by Gasteiger charge is -2.07. The van der Waals surface area contributed by atoms with Crippen LogP contribution in [0.3, 0.4) is 0 Å². The van der Waals surface area contributed by atoms with Crippen molar-refractivity contribution >= 4 is 50.8 Å². The van der Waals surface area contributed by atoms with Gasteiger partial charge in [-0.25, -0.2) is 4.98 Å². The summed E-state index contributed by atoms with van der Waals surface area (Å²) in [5.41, 5.74) is 3.22. The number of carbonyl (C=O) groups is 2. The first-order valence-corrected chi connectivity index (χ1v) is 10.6. The van der Waals surface area contributed by atoms with E-state index < -0.39 is 0 Å². The van der Waals surface area contributed by atoms with Gasteiger partial charge >= 0.3 is 0 Å². The highest BCUT2D eigenvalue weighted by atomic mass is 32.2. The molecule has 1 saturated carbocycles. The van der Waals surface area contributed by atoms with Gasteiger partial charge in [0.05, 0.1) is 16.0 Å². The summed E-state index contributed by atoms with van der Waals surface area (Å²) in [7, 11) is 0. The number of thiazole rings is 1. The largest absolute Gasteiger partial charge is 0.353 e. The number of aromatic nitrogens is 1. The van der Waals surface area contributed by atoms with Crippen LogP contribution in [0.15, 0.2) is 46.8 Å². The summed E-state index contributed by atoms with van der Waals surface area (Å²) in [6.07, 6.45) is 2.18. The summed E-state index contributed by atoms with van der Waals surface area (Å²) < 4.78 is 1.85. The zero-order chi connectivity index (χ0) is 18.8. The topological polar surface area (TPSA) is 71.1 Å². The van der Waals surface area contributed by atoms with Crippen LogP contribution in [0.25, 0.3) is 10.2 Å². The van der Waals surface area contributed by atoms with E-state index in [-0.39, 0.29) is 11.8 Å². The Morgan fingerprint density at radius 2 is 2.04 bits per heavy atom. The molecule has 4 rings (SSSR count).